The zero-order chi connectivity index (χ0) is 17.3. The number of nitrogens with zero attached hydrogens (tertiary/aromatic N) is 2. The molecule has 2 heteroatoms. The lowest BCUT2D eigenvalue weighted by molar-refractivity contribution is 0.653. The molecule has 1 aliphatic rings. The first-order valence-electron chi connectivity index (χ1n) is 8.80. The molecule has 0 fully saturated rings. The normalized spacial score (nSPS) is 14.7. The van der Waals surface area contributed by atoms with Crippen LogP contribution in [0, 0.1) is 13.8 Å². The van der Waals surface area contributed by atoms with Crippen molar-refractivity contribution in [2.24, 2.45) is 0 Å². The predicted octanol–water partition coefficient (Wildman–Crippen LogP) is 5.71. The molecule has 0 N–H and O–H groups in total. The second-order valence-electron chi connectivity index (χ2n) is 7.55. The molecule has 0 saturated heterocycles. The van der Waals surface area contributed by atoms with E-state index in [-0.39, 0.29) is 5.41 Å². The van der Waals surface area contributed by atoms with Crippen LogP contribution in [0.25, 0.3) is 32.8 Å². The first-order valence-corrected chi connectivity index (χ1v) is 8.80. The Kier molecular flexibility index (Phi) is 2.72. The quantitative estimate of drug-likeness (QED) is 0.387. The molecule has 0 radical (unpaired) electrons. The van der Waals surface area contributed by atoms with Crippen molar-refractivity contribution in [1.29, 1.82) is 0 Å². The van der Waals surface area contributed by atoms with Crippen molar-refractivity contribution in [3.8, 4) is 11.3 Å². The van der Waals surface area contributed by atoms with Gasteiger partial charge < -0.3 is 0 Å². The van der Waals surface area contributed by atoms with E-state index in [1.807, 2.05) is 6.92 Å². The van der Waals surface area contributed by atoms with Crippen LogP contribution in [0.1, 0.15) is 36.5 Å². The van der Waals surface area contributed by atoms with E-state index in [1.54, 1.807) is 0 Å². The third-order valence-electron chi connectivity index (χ3n) is 5.62. The van der Waals surface area contributed by atoms with Crippen LogP contribution in [-0.2, 0) is 5.41 Å². The van der Waals surface area contributed by atoms with Gasteiger partial charge in [-0.2, -0.15) is 0 Å². The van der Waals surface area contributed by atoms with Crippen LogP contribution in [0.2, 0.25) is 0 Å². The van der Waals surface area contributed by atoms with Crippen LogP contribution >= 0.6 is 0 Å². The largest absolute Gasteiger partial charge is 0.238 e. The van der Waals surface area contributed by atoms with Gasteiger partial charge in [-0.05, 0) is 41.0 Å². The maximum absolute atomic E-state index is 4.90. The minimum atomic E-state index is -0.105. The lowest BCUT2D eigenvalue weighted by Crippen LogP contribution is -2.18. The second kappa shape index (κ2) is 4.66. The number of benzene rings is 3. The maximum Gasteiger partial charge on any atom is 0.126 e. The summed E-state index contributed by atoms with van der Waals surface area (Å²) in [6.07, 6.45) is 0. The number of fused-ring (bicyclic) bond motifs is 8. The first-order chi connectivity index (χ1) is 12.0. The third kappa shape index (κ3) is 1.74. The number of aromatic nitrogens is 2. The smallest absolute Gasteiger partial charge is 0.126 e. The second-order valence-corrected chi connectivity index (χ2v) is 7.55. The van der Waals surface area contributed by atoms with Gasteiger partial charge >= 0.3 is 0 Å². The van der Waals surface area contributed by atoms with Crippen molar-refractivity contribution in [3.05, 3.63) is 71.2 Å². The lowest BCUT2D eigenvalue weighted by Gasteiger charge is -2.24. The van der Waals surface area contributed by atoms with Crippen molar-refractivity contribution in [3.63, 3.8) is 0 Å². The van der Waals surface area contributed by atoms with Gasteiger partial charge in [0.1, 0.15) is 5.82 Å². The summed E-state index contributed by atoms with van der Waals surface area (Å²) in [6, 6.07) is 17.5. The molecule has 0 saturated carbocycles. The molecule has 1 aromatic heterocycles. The molecule has 0 spiro atoms. The number of aryl methyl sites for hydroxylation is 2. The summed E-state index contributed by atoms with van der Waals surface area (Å²) in [4.78, 5) is 9.57. The SMILES string of the molecule is Cc1nc(C)c2c(n1)-c1c(c3ccccc3c3ccccc13)C2(C)C. The summed E-state index contributed by atoms with van der Waals surface area (Å²) in [5.74, 6) is 0.845. The van der Waals surface area contributed by atoms with Gasteiger partial charge in [0.15, 0.2) is 0 Å². The standard InChI is InChI=1S/C23H20N2/c1-13-20-22(25-14(2)24-13)19-17-11-7-5-9-15(17)16-10-6-8-12-18(16)21(19)23(20,3)4/h5-12H,1-4H3. The van der Waals surface area contributed by atoms with Crippen LogP contribution in [-0.4, -0.2) is 9.97 Å². The van der Waals surface area contributed by atoms with E-state index in [9.17, 15) is 0 Å². The minimum absolute atomic E-state index is 0.105. The minimum Gasteiger partial charge on any atom is -0.238 e. The molecule has 3 aromatic carbocycles. The number of hydrogen-bond donors (Lipinski definition) is 0. The van der Waals surface area contributed by atoms with Gasteiger partial charge in [-0.1, -0.05) is 62.4 Å². The fourth-order valence-corrected chi connectivity index (χ4v) is 4.80. The van der Waals surface area contributed by atoms with Gasteiger partial charge in [0, 0.05) is 22.2 Å². The van der Waals surface area contributed by atoms with Crippen molar-refractivity contribution in [2.75, 3.05) is 0 Å². The summed E-state index contributed by atoms with van der Waals surface area (Å²) in [5.41, 5.74) is 6.06. The average molecular weight is 324 g/mol. The van der Waals surface area contributed by atoms with Gasteiger partial charge in [-0.3, -0.25) is 0 Å². The third-order valence-corrected chi connectivity index (χ3v) is 5.62. The summed E-state index contributed by atoms with van der Waals surface area (Å²) < 4.78 is 0. The number of hydrogen-bond acceptors (Lipinski definition) is 2. The molecule has 122 valence electrons. The summed E-state index contributed by atoms with van der Waals surface area (Å²) in [5, 5.41) is 5.24. The van der Waals surface area contributed by atoms with Gasteiger partial charge in [0.05, 0.1) is 5.69 Å². The molecule has 1 aliphatic carbocycles. The molecule has 2 nitrogen and oxygen atoms in total. The predicted molar refractivity (Wildman–Crippen MR) is 104 cm³/mol. The Morgan fingerprint density at radius 3 is 1.92 bits per heavy atom. The van der Waals surface area contributed by atoms with Gasteiger partial charge in [0.25, 0.3) is 0 Å². The van der Waals surface area contributed by atoms with E-state index in [0.717, 1.165) is 17.2 Å². The fourth-order valence-electron chi connectivity index (χ4n) is 4.80. The van der Waals surface area contributed by atoms with E-state index in [1.165, 1.54) is 38.2 Å². The Labute approximate surface area is 147 Å². The van der Waals surface area contributed by atoms with Crippen molar-refractivity contribution in [2.45, 2.75) is 33.1 Å². The Balaban J connectivity index is 2.12. The molecule has 25 heavy (non-hydrogen) atoms. The highest BCUT2D eigenvalue weighted by molar-refractivity contribution is 6.17. The van der Waals surface area contributed by atoms with Crippen molar-refractivity contribution >= 4 is 21.5 Å². The molecule has 0 unspecified atom stereocenters. The molecular weight excluding hydrogens is 304 g/mol. The molecule has 1 heterocycles. The summed E-state index contributed by atoms with van der Waals surface area (Å²) >= 11 is 0. The van der Waals surface area contributed by atoms with Crippen LogP contribution in [0.4, 0.5) is 0 Å². The van der Waals surface area contributed by atoms with Gasteiger partial charge in [0.2, 0.25) is 0 Å². The zero-order valence-electron chi connectivity index (χ0n) is 15.0. The van der Waals surface area contributed by atoms with E-state index in [0.29, 0.717) is 0 Å². The van der Waals surface area contributed by atoms with E-state index >= 15 is 0 Å². The maximum atomic E-state index is 4.90. The average Bonchev–Trinajstić information content (AvgIpc) is 2.83. The Morgan fingerprint density at radius 1 is 0.680 bits per heavy atom. The molecule has 4 aromatic rings. The Hall–Kier alpha value is -2.74. The number of rotatable bonds is 0. The monoisotopic (exact) mass is 324 g/mol. The van der Waals surface area contributed by atoms with E-state index < -0.39 is 0 Å². The summed E-state index contributed by atoms with van der Waals surface area (Å²) in [7, 11) is 0. The molecule has 0 aliphatic heterocycles. The van der Waals surface area contributed by atoms with Crippen LogP contribution in [0.3, 0.4) is 0 Å². The van der Waals surface area contributed by atoms with E-state index in [2.05, 4.69) is 74.3 Å². The lowest BCUT2D eigenvalue weighted by atomic mass is 9.78. The van der Waals surface area contributed by atoms with Crippen LogP contribution in [0.15, 0.2) is 48.5 Å². The van der Waals surface area contributed by atoms with Gasteiger partial charge in [-0.15, -0.1) is 0 Å². The van der Waals surface area contributed by atoms with Crippen molar-refractivity contribution < 1.29 is 0 Å². The molecular formula is C23H20N2. The molecule has 0 amide bonds. The Morgan fingerprint density at radius 2 is 1.24 bits per heavy atom. The topological polar surface area (TPSA) is 25.8 Å². The highest BCUT2D eigenvalue weighted by Gasteiger charge is 2.41. The molecule has 5 rings (SSSR count). The van der Waals surface area contributed by atoms with Crippen molar-refractivity contribution in [1.82, 2.24) is 9.97 Å². The van der Waals surface area contributed by atoms with E-state index in [4.69, 9.17) is 4.98 Å². The highest BCUT2D eigenvalue weighted by Crippen LogP contribution is 2.54. The van der Waals surface area contributed by atoms with Crippen LogP contribution < -0.4 is 0 Å². The molecule has 0 atom stereocenters. The van der Waals surface area contributed by atoms with Crippen LogP contribution in [0.5, 0.6) is 0 Å². The first kappa shape index (κ1) is 14.6. The Bertz CT molecular complexity index is 1190. The summed E-state index contributed by atoms with van der Waals surface area (Å²) in [6.45, 7) is 8.72. The highest BCUT2D eigenvalue weighted by atomic mass is 14.9. The zero-order valence-corrected chi connectivity index (χ0v) is 15.0. The molecule has 0 bridgehead atoms. The fraction of sp³-hybridized carbons (Fsp3) is 0.217. The van der Waals surface area contributed by atoms with Gasteiger partial charge in [-0.25, -0.2) is 9.97 Å².